The van der Waals surface area contributed by atoms with Gasteiger partial charge in [-0.25, -0.2) is 9.97 Å². The summed E-state index contributed by atoms with van der Waals surface area (Å²) in [6.45, 7) is 4.49. The van der Waals surface area contributed by atoms with Crippen LogP contribution in [0.1, 0.15) is 32.6 Å². The van der Waals surface area contributed by atoms with E-state index in [1.165, 1.54) is 0 Å². The van der Waals surface area contributed by atoms with Gasteiger partial charge >= 0.3 is 0 Å². The summed E-state index contributed by atoms with van der Waals surface area (Å²) in [5.41, 5.74) is 0.824. The topological polar surface area (TPSA) is 88.9 Å². The minimum Gasteiger partial charge on any atom is -0.354 e. The molecule has 1 saturated heterocycles. The Bertz CT molecular complexity index is 749. The average molecular weight is 326 g/mol. The molecule has 24 heavy (non-hydrogen) atoms. The van der Waals surface area contributed by atoms with Gasteiger partial charge in [0.25, 0.3) is 0 Å². The fourth-order valence-electron chi connectivity index (χ4n) is 3.44. The van der Waals surface area contributed by atoms with Crippen molar-refractivity contribution in [1.82, 2.24) is 19.9 Å². The van der Waals surface area contributed by atoms with E-state index in [4.69, 9.17) is 5.26 Å². The fourth-order valence-corrected chi connectivity index (χ4v) is 3.44. The van der Waals surface area contributed by atoms with E-state index < -0.39 is 0 Å². The predicted octanol–water partition coefficient (Wildman–Crippen LogP) is 2.08. The van der Waals surface area contributed by atoms with Crippen molar-refractivity contribution >= 4 is 22.8 Å². The molecule has 126 valence electrons. The number of aromatic nitrogens is 3. The number of anilines is 1. The monoisotopic (exact) mass is 326 g/mol. The van der Waals surface area contributed by atoms with E-state index in [1.54, 1.807) is 6.33 Å². The summed E-state index contributed by atoms with van der Waals surface area (Å²) in [6.07, 6.45) is 6.36. The largest absolute Gasteiger partial charge is 0.354 e. The lowest BCUT2D eigenvalue weighted by Gasteiger charge is -2.31. The average Bonchev–Trinajstić information content (AvgIpc) is 3.23. The summed E-state index contributed by atoms with van der Waals surface area (Å²) in [5.74, 6) is 0.841. The summed E-state index contributed by atoms with van der Waals surface area (Å²) in [7, 11) is 0. The highest BCUT2D eigenvalue weighted by Gasteiger charge is 2.30. The number of carbonyl (C=O) groups is 1. The number of fused-ring (bicyclic) bond motifs is 1. The zero-order chi connectivity index (χ0) is 16.9. The van der Waals surface area contributed by atoms with Gasteiger partial charge in [0.1, 0.15) is 24.2 Å². The van der Waals surface area contributed by atoms with Crippen molar-refractivity contribution in [1.29, 1.82) is 5.26 Å². The van der Waals surface area contributed by atoms with Gasteiger partial charge in [-0.3, -0.25) is 4.79 Å². The van der Waals surface area contributed by atoms with Gasteiger partial charge in [-0.2, -0.15) is 5.26 Å². The van der Waals surface area contributed by atoms with Gasteiger partial charge in [0.15, 0.2) is 0 Å². The quantitative estimate of drug-likeness (QED) is 0.878. The molecule has 7 heteroatoms. The van der Waals surface area contributed by atoms with Crippen LogP contribution in [0.5, 0.6) is 0 Å². The number of hydrogen-bond donors (Lipinski definition) is 1. The number of nitrogens with zero attached hydrogens (tertiary/aromatic N) is 5. The van der Waals surface area contributed by atoms with E-state index in [1.807, 2.05) is 23.2 Å². The molecule has 2 aromatic rings. The first kappa shape index (κ1) is 16.2. The molecule has 1 aliphatic heterocycles. The Labute approximate surface area is 141 Å². The summed E-state index contributed by atoms with van der Waals surface area (Å²) < 4.78 is 0. The Morgan fingerprint density at radius 3 is 3.21 bits per heavy atom. The normalized spacial score (nSPS) is 17.2. The molecule has 1 aliphatic rings. The van der Waals surface area contributed by atoms with E-state index in [-0.39, 0.29) is 18.4 Å². The molecule has 3 heterocycles. The van der Waals surface area contributed by atoms with E-state index in [0.717, 1.165) is 55.7 Å². The Kier molecular flexibility index (Phi) is 4.94. The first-order valence-corrected chi connectivity index (χ1v) is 8.44. The van der Waals surface area contributed by atoms with Gasteiger partial charge in [0, 0.05) is 31.9 Å². The van der Waals surface area contributed by atoms with Crippen LogP contribution in [0.25, 0.3) is 11.0 Å². The summed E-state index contributed by atoms with van der Waals surface area (Å²) in [4.78, 5) is 28.1. The fraction of sp³-hybridized carbons (Fsp3) is 0.529. The number of likely N-dealkylation sites (tertiary alicyclic amines) is 1. The van der Waals surface area contributed by atoms with Crippen LogP contribution in [0, 0.1) is 11.3 Å². The Morgan fingerprint density at radius 2 is 2.42 bits per heavy atom. The molecule has 1 N–H and O–H groups in total. The summed E-state index contributed by atoms with van der Waals surface area (Å²) >= 11 is 0. The van der Waals surface area contributed by atoms with Gasteiger partial charge in [-0.15, -0.1) is 0 Å². The number of H-pyrrole nitrogens is 1. The molecular weight excluding hydrogens is 304 g/mol. The van der Waals surface area contributed by atoms with Crippen molar-refractivity contribution in [3.63, 3.8) is 0 Å². The molecular formula is C17H22N6O. The lowest BCUT2D eigenvalue weighted by molar-refractivity contribution is -0.130. The molecule has 3 rings (SSSR count). The summed E-state index contributed by atoms with van der Waals surface area (Å²) in [6, 6.07) is 4.09. The summed E-state index contributed by atoms with van der Waals surface area (Å²) in [5, 5.41) is 9.79. The Morgan fingerprint density at radius 1 is 1.54 bits per heavy atom. The zero-order valence-electron chi connectivity index (χ0n) is 13.9. The Hall–Kier alpha value is -2.62. The number of hydrogen-bond acceptors (Lipinski definition) is 5. The second-order valence-corrected chi connectivity index (χ2v) is 6.10. The minimum atomic E-state index is -0.0640. The number of aromatic amines is 1. The van der Waals surface area contributed by atoms with E-state index in [2.05, 4.69) is 26.8 Å². The molecule has 0 spiro atoms. The van der Waals surface area contributed by atoms with Crippen LogP contribution in [-0.2, 0) is 4.79 Å². The lowest BCUT2D eigenvalue weighted by Crippen LogP contribution is -2.43. The molecule has 0 bridgehead atoms. The number of carbonyl (C=O) groups excluding carboxylic acids is 1. The second kappa shape index (κ2) is 7.30. The van der Waals surface area contributed by atoms with Crippen molar-refractivity contribution in [2.24, 2.45) is 0 Å². The van der Waals surface area contributed by atoms with Crippen LogP contribution in [-0.4, -0.2) is 51.4 Å². The number of nitriles is 1. The maximum Gasteiger partial charge on any atom is 0.237 e. The molecule has 1 atom stereocenters. The highest BCUT2D eigenvalue weighted by Crippen LogP contribution is 2.25. The second-order valence-electron chi connectivity index (χ2n) is 6.10. The third-order valence-electron chi connectivity index (χ3n) is 4.48. The minimum absolute atomic E-state index is 0.0418. The highest BCUT2D eigenvalue weighted by atomic mass is 16.2. The van der Waals surface area contributed by atoms with E-state index in [9.17, 15) is 4.79 Å². The van der Waals surface area contributed by atoms with E-state index in [0.29, 0.717) is 0 Å². The molecule has 0 radical (unpaired) electrons. The molecule has 0 saturated carbocycles. The van der Waals surface area contributed by atoms with Crippen molar-refractivity contribution in [3.05, 3.63) is 18.6 Å². The molecule has 2 aromatic heterocycles. The maximum atomic E-state index is 12.2. The first-order chi connectivity index (χ1) is 11.7. The molecule has 1 fully saturated rings. The zero-order valence-corrected chi connectivity index (χ0v) is 13.9. The highest BCUT2D eigenvalue weighted by molar-refractivity contribution is 5.87. The molecule has 0 aliphatic carbocycles. The van der Waals surface area contributed by atoms with Crippen LogP contribution < -0.4 is 4.90 Å². The molecule has 0 unspecified atom stereocenters. The lowest BCUT2D eigenvalue weighted by atomic mass is 10.2. The van der Waals surface area contributed by atoms with Crippen LogP contribution >= 0.6 is 0 Å². The third kappa shape index (κ3) is 3.18. The van der Waals surface area contributed by atoms with Crippen molar-refractivity contribution in [2.45, 2.75) is 38.6 Å². The predicted molar refractivity (Wildman–Crippen MR) is 91.4 cm³/mol. The van der Waals surface area contributed by atoms with E-state index >= 15 is 0 Å². The SMILES string of the molecule is CCCN(C[C@H]1CCCN1C(=O)CC#N)c1ncnc2[nH]ccc12. The number of amides is 1. The van der Waals surface area contributed by atoms with Crippen LogP contribution in [0.3, 0.4) is 0 Å². The van der Waals surface area contributed by atoms with Gasteiger partial charge in [0.05, 0.1) is 11.5 Å². The maximum absolute atomic E-state index is 12.2. The number of rotatable bonds is 6. The molecule has 1 amide bonds. The van der Waals surface area contributed by atoms with Crippen LogP contribution in [0.4, 0.5) is 5.82 Å². The molecule has 7 nitrogen and oxygen atoms in total. The van der Waals surface area contributed by atoms with Crippen molar-refractivity contribution < 1.29 is 4.79 Å². The van der Waals surface area contributed by atoms with Crippen molar-refractivity contribution in [3.8, 4) is 6.07 Å². The smallest absolute Gasteiger partial charge is 0.237 e. The van der Waals surface area contributed by atoms with Crippen LogP contribution in [0.15, 0.2) is 18.6 Å². The molecule has 0 aromatic carbocycles. The Balaban J connectivity index is 1.83. The van der Waals surface area contributed by atoms with Gasteiger partial charge in [0.2, 0.25) is 5.91 Å². The van der Waals surface area contributed by atoms with Crippen LogP contribution in [0.2, 0.25) is 0 Å². The van der Waals surface area contributed by atoms with Gasteiger partial charge in [-0.05, 0) is 25.3 Å². The van der Waals surface area contributed by atoms with Gasteiger partial charge < -0.3 is 14.8 Å². The first-order valence-electron chi connectivity index (χ1n) is 8.44. The van der Waals surface area contributed by atoms with Crippen molar-refractivity contribution in [2.75, 3.05) is 24.5 Å². The standard InChI is InChI=1S/C17H22N6O/c1-2-9-22(17-14-6-8-19-16(14)20-12-21-17)11-13-4-3-10-23(13)15(24)5-7-18/h6,8,12-13H,2-5,9-11H2,1H3,(H,19,20,21)/t13-/m1/s1. The number of nitrogens with one attached hydrogen (secondary N) is 1. The third-order valence-corrected chi connectivity index (χ3v) is 4.48. The van der Waals surface area contributed by atoms with Gasteiger partial charge in [-0.1, -0.05) is 6.92 Å².